The molecule has 0 aliphatic carbocycles. The third kappa shape index (κ3) is 4.00. The Hall–Kier alpha value is -2.04. The third-order valence-corrected chi connectivity index (χ3v) is 3.61. The van der Waals surface area contributed by atoms with E-state index in [0.717, 1.165) is 0 Å². The van der Waals surface area contributed by atoms with Crippen molar-refractivity contribution in [1.82, 2.24) is 5.32 Å². The molecule has 0 aromatic heterocycles. The summed E-state index contributed by atoms with van der Waals surface area (Å²) in [6, 6.07) is 13.3. The Labute approximate surface area is 134 Å². The van der Waals surface area contributed by atoms with Gasteiger partial charge in [-0.05, 0) is 42.8 Å². The lowest BCUT2D eigenvalue weighted by atomic mass is 10.0. The fraction of sp³-hybridized carbons (Fsp3) is 0.235. The number of hydrogen-bond acceptors (Lipinski definition) is 3. The fourth-order valence-corrected chi connectivity index (χ4v) is 2.28. The van der Waals surface area contributed by atoms with Gasteiger partial charge in [-0.15, -0.1) is 0 Å². The molecule has 2 aromatic carbocycles. The summed E-state index contributed by atoms with van der Waals surface area (Å²) in [6.07, 6.45) is -0.811. The highest BCUT2D eigenvalue weighted by atomic mass is 35.5. The fourth-order valence-electron chi connectivity index (χ4n) is 2.09. The van der Waals surface area contributed by atoms with Crippen LogP contribution in [0.2, 0.25) is 5.02 Å². The molecule has 2 atom stereocenters. The molecule has 0 radical (unpaired) electrons. The van der Waals surface area contributed by atoms with E-state index in [1.54, 1.807) is 62.6 Å². The molecule has 0 aliphatic rings. The van der Waals surface area contributed by atoms with E-state index in [4.69, 9.17) is 16.3 Å². The molecule has 22 heavy (non-hydrogen) atoms. The largest absolute Gasteiger partial charge is 0.497 e. The van der Waals surface area contributed by atoms with E-state index in [1.165, 1.54) is 0 Å². The van der Waals surface area contributed by atoms with Gasteiger partial charge in [0.25, 0.3) is 5.91 Å². The number of ether oxygens (including phenoxy) is 1. The quantitative estimate of drug-likeness (QED) is 0.889. The molecule has 0 bridgehead atoms. The van der Waals surface area contributed by atoms with Gasteiger partial charge < -0.3 is 15.2 Å². The Balaban J connectivity index is 2.04. The molecule has 0 saturated carbocycles. The first-order valence-corrected chi connectivity index (χ1v) is 7.27. The molecule has 0 saturated heterocycles. The van der Waals surface area contributed by atoms with Crippen LogP contribution in [-0.4, -0.2) is 24.2 Å². The van der Waals surface area contributed by atoms with Crippen LogP contribution in [0.3, 0.4) is 0 Å². The van der Waals surface area contributed by atoms with Gasteiger partial charge in [-0.3, -0.25) is 4.79 Å². The van der Waals surface area contributed by atoms with E-state index in [1.807, 2.05) is 0 Å². The number of hydrogen-bond donors (Lipinski definition) is 2. The number of amides is 1. The highest BCUT2D eigenvalue weighted by Gasteiger charge is 2.19. The minimum atomic E-state index is -0.811. The minimum absolute atomic E-state index is 0.275. The van der Waals surface area contributed by atoms with Gasteiger partial charge in [0.15, 0.2) is 0 Å². The molecule has 0 spiro atoms. The number of aliphatic hydroxyl groups is 1. The van der Waals surface area contributed by atoms with Gasteiger partial charge in [-0.1, -0.05) is 29.8 Å². The van der Waals surface area contributed by atoms with Crippen LogP contribution in [0.5, 0.6) is 5.75 Å². The van der Waals surface area contributed by atoms with Crippen molar-refractivity contribution in [1.29, 1.82) is 0 Å². The Bertz CT molecular complexity index is 643. The Kier molecular flexibility index (Phi) is 5.41. The zero-order valence-corrected chi connectivity index (χ0v) is 13.2. The zero-order chi connectivity index (χ0) is 16.1. The molecule has 0 aliphatic heterocycles. The Morgan fingerprint density at radius 3 is 2.50 bits per heavy atom. The monoisotopic (exact) mass is 319 g/mol. The summed E-state index contributed by atoms with van der Waals surface area (Å²) in [6.45, 7) is 1.75. The van der Waals surface area contributed by atoms with Crippen LogP contribution in [0.1, 0.15) is 28.9 Å². The number of methoxy groups -OCH3 is 1. The molecule has 4 nitrogen and oxygen atoms in total. The van der Waals surface area contributed by atoms with E-state index in [0.29, 0.717) is 21.9 Å². The summed E-state index contributed by atoms with van der Waals surface area (Å²) in [5, 5.41) is 13.6. The van der Waals surface area contributed by atoms with Crippen LogP contribution < -0.4 is 10.1 Å². The molecule has 2 rings (SSSR count). The van der Waals surface area contributed by atoms with Gasteiger partial charge in [0.05, 0.1) is 19.3 Å². The smallest absolute Gasteiger partial charge is 0.251 e. The summed E-state index contributed by atoms with van der Waals surface area (Å²) in [5.74, 6) is 0.439. The first-order chi connectivity index (χ1) is 10.5. The summed E-state index contributed by atoms with van der Waals surface area (Å²) in [7, 11) is 1.58. The van der Waals surface area contributed by atoms with Crippen molar-refractivity contribution in [2.24, 2.45) is 0 Å². The van der Waals surface area contributed by atoms with Gasteiger partial charge in [0, 0.05) is 10.6 Å². The number of carbonyl (C=O) groups excluding carboxylic acids is 1. The summed E-state index contributed by atoms with van der Waals surface area (Å²) < 4.78 is 5.08. The number of rotatable bonds is 5. The maximum Gasteiger partial charge on any atom is 0.251 e. The van der Waals surface area contributed by atoms with Crippen LogP contribution in [0, 0.1) is 0 Å². The van der Waals surface area contributed by atoms with Crippen LogP contribution in [0.15, 0.2) is 48.5 Å². The highest BCUT2D eigenvalue weighted by molar-refractivity contribution is 6.30. The third-order valence-electron chi connectivity index (χ3n) is 3.38. The molecule has 0 heterocycles. The summed E-state index contributed by atoms with van der Waals surface area (Å²) in [4.78, 5) is 12.1. The molecular weight excluding hydrogens is 302 g/mol. The van der Waals surface area contributed by atoms with Crippen molar-refractivity contribution in [2.75, 3.05) is 7.11 Å². The number of nitrogens with one attached hydrogen (secondary N) is 1. The van der Waals surface area contributed by atoms with Gasteiger partial charge >= 0.3 is 0 Å². The van der Waals surface area contributed by atoms with Crippen molar-refractivity contribution in [2.45, 2.75) is 19.1 Å². The van der Waals surface area contributed by atoms with Crippen molar-refractivity contribution in [3.05, 3.63) is 64.7 Å². The molecule has 2 unspecified atom stereocenters. The van der Waals surface area contributed by atoms with Crippen LogP contribution in [0.25, 0.3) is 0 Å². The molecular formula is C17H18ClNO3. The van der Waals surface area contributed by atoms with E-state index in [9.17, 15) is 9.90 Å². The van der Waals surface area contributed by atoms with Crippen molar-refractivity contribution in [3.63, 3.8) is 0 Å². The normalized spacial score (nSPS) is 13.3. The van der Waals surface area contributed by atoms with Gasteiger partial charge in [-0.25, -0.2) is 0 Å². The van der Waals surface area contributed by atoms with Gasteiger partial charge in [-0.2, -0.15) is 0 Å². The van der Waals surface area contributed by atoms with E-state index >= 15 is 0 Å². The maximum absolute atomic E-state index is 12.1. The molecule has 0 fully saturated rings. The zero-order valence-electron chi connectivity index (χ0n) is 12.4. The van der Waals surface area contributed by atoms with Crippen molar-refractivity contribution < 1.29 is 14.6 Å². The van der Waals surface area contributed by atoms with Crippen LogP contribution >= 0.6 is 11.6 Å². The van der Waals surface area contributed by atoms with Gasteiger partial charge in [0.1, 0.15) is 5.75 Å². The van der Waals surface area contributed by atoms with Gasteiger partial charge in [0.2, 0.25) is 0 Å². The Morgan fingerprint density at radius 2 is 1.91 bits per heavy atom. The second-order valence-electron chi connectivity index (χ2n) is 4.99. The molecule has 116 valence electrons. The van der Waals surface area contributed by atoms with Crippen LogP contribution in [0.4, 0.5) is 0 Å². The lowest BCUT2D eigenvalue weighted by molar-refractivity contribution is 0.0852. The number of halogens is 1. The second kappa shape index (κ2) is 7.29. The predicted molar refractivity (Wildman–Crippen MR) is 86.3 cm³/mol. The summed E-state index contributed by atoms with van der Waals surface area (Å²) in [5.41, 5.74) is 1.17. The standard InChI is InChI=1S/C17H18ClNO3/c1-11(16(20)12-6-8-15(22-2)9-7-12)19-17(21)13-4-3-5-14(18)10-13/h3-11,16,20H,1-2H3,(H,19,21). The number of carbonyl (C=O) groups is 1. The first kappa shape index (κ1) is 16.3. The number of aliphatic hydroxyl groups excluding tert-OH is 1. The van der Waals surface area contributed by atoms with E-state index in [2.05, 4.69) is 5.32 Å². The lowest BCUT2D eigenvalue weighted by Crippen LogP contribution is -2.37. The van der Waals surface area contributed by atoms with Crippen molar-refractivity contribution >= 4 is 17.5 Å². The minimum Gasteiger partial charge on any atom is -0.497 e. The highest BCUT2D eigenvalue weighted by Crippen LogP contribution is 2.20. The van der Waals surface area contributed by atoms with E-state index < -0.39 is 12.1 Å². The van der Waals surface area contributed by atoms with E-state index in [-0.39, 0.29) is 5.91 Å². The average molecular weight is 320 g/mol. The SMILES string of the molecule is COc1ccc(C(O)C(C)NC(=O)c2cccc(Cl)c2)cc1. The molecule has 2 N–H and O–H groups in total. The summed E-state index contributed by atoms with van der Waals surface area (Å²) >= 11 is 5.87. The average Bonchev–Trinajstić information content (AvgIpc) is 2.54. The predicted octanol–water partition coefficient (Wildman–Crippen LogP) is 3.20. The molecule has 2 aromatic rings. The topological polar surface area (TPSA) is 58.6 Å². The maximum atomic E-state index is 12.1. The molecule has 5 heteroatoms. The van der Waals surface area contributed by atoms with Crippen LogP contribution in [-0.2, 0) is 0 Å². The molecule has 1 amide bonds. The van der Waals surface area contributed by atoms with Crippen molar-refractivity contribution in [3.8, 4) is 5.75 Å². The number of benzene rings is 2. The lowest BCUT2D eigenvalue weighted by Gasteiger charge is -2.21. The first-order valence-electron chi connectivity index (χ1n) is 6.89. The Morgan fingerprint density at radius 1 is 1.23 bits per heavy atom. The second-order valence-corrected chi connectivity index (χ2v) is 5.43.